The fraction of sp³-hybridized carbons (Fsp3) is 0.636. The number of carbonyl (C=O) groups is 2. The molecule has 9 heteroatoms. The van der Waals surface area contributed by atoms with E-state index in [0.717, 1.165) is 25.7 Å². The van der Waals surface area contributed by atoms with Crippen LogP contribution in [0.4, 0.5) is 5.69 Å². The second-order valence-corrected chi connectivity index (χ2v) is 10.7. The first-order valence-electron chi connectivity index (χ1n) is 11.3. The average Bonchev–Trinajstić information content (AvgIpc) is 3.03. The predicted molar refractivity (Wildman–Crippen MR) is 116 cm³/mol. The van der Waals surface area contributed by atoms with E-state index in [2.05, 4.69) is 10.6 Å². The number of fused-ring (bicyclic) bond motifs is 1. The molecule has 0 bridgehead atoms. The highest BCUT2D eigenvalue weighted by Gasteiger charge is 2.35. The molecule has 1 aliphatic carbocycles. The van der Waals surface area contributed by atoms with E-state index in [1.54, 1.807) is 13.0 Å². The number of ether oxygens (including phenoxy) is 1. The van der Waals surface area contributed by atoms with E-state index < -0.39 is 16.1 Å². The van der Waals surface area contributed by atoms with Gasteiger partial charge in [-0.1, -0.05) is 25.7 Å². The molecule has 2 heterocycles. The smallest absolute Gasteiger partial charge is 0.265 e. The van der Waals surface area contributed by atoms with Gasteiger partial charge in [-0.25, -0.2) is 8.42 Å². The number of hydrogen-bond donors (Lipinski definition) is 2. The Balaban J connectivity index is 1.45. The number of piperidine rings is 1. The molecule has 2 amide bonds. The summed E-state index contributed by atoms with van der Waals surface area (Å²) < 4.78 is 33.4. The number of anilines is 1. The summed E-state index contributed by atoms with van der Waals surface area (Å²) in [4.78, 5) is 24.8. The molecule has 8 nitrogen and oxygen atoms in total. The van der Waals surface area contributed by atoms with Crippen LogP contribution in [0, 0.1) is 5.92 Å². The largest absolute Gasteiger partial charge is 0.479 e. The van der Waals surface area contributed by atoms with Crippen molar-refractivity contribution in [3.8, 4) is 5.75 Å². The average molecular weight is 450 g/mol. The maximum atomic E-state index is 13.3. The third kappa shape index (κ3) is 4.87. The summed E-state index contributed by atoms with van der Waals surface area (Å²) in [6.07, 6.45) is 7.41. The number of sulfonamides is 1. The van der Waals surface area contributed by atoms with Crippen LogP contribution in [0.3, 0.4) is 0 Å². The number of amides is 2. The van der Waals surface area contributed by atoms with Gasteiger partial charge in [-0.15, -0.1) is 0 Å². The summed E-state index contributed by atoms with van der Waals surface area (Å²) in [5, 5.41) is 5.86. The van der Waals surface area contributed by atoms with Crippen LogP contribution < -0.4 is 15.4 Å². The lowest BCUT2D eigenvalue weighted by atomic mass is 9.97. The molecule has 1 saturated carbocycles. The lowest BCUT2D eigenvalue weighted by Gasteiger charge is -2.32. The van der Waals surface area contributed by atoms with Crippen LogP contribution in [0.25, 0.3) is 0 Å². The standard InChI is InChI=1S/C22H31N3O5S/c1-15-21(26)24-19-13-18(10-11-20(19)30-15)31(28,29)25-12-6-7-16(14-25)22(27)23-17-8-4-2-3-5-9-17/h10-11,13,15-17H,2-9,12,14H2,1H3,(H,23,27)(H,24,26)/t15-,16+/m0/s1. The fourth-order valence-corrected chi connectivity index (χ4v) is 6.17. The lowest BCUT2D eigenvalue weighted by Crippen LogP contribution is -2.47. The van der Waals surface area contributed by atoms with Gasteiger partial charge in [0, 0.05) is 19.1 Å². The van der Waals surface area contributed by atoms with Gasteiger partial charge in [0.1, 0.15) is 5.75 Å². The molecular formula is C22H31N3O5S. The van der Waals surface area contributed by atoms with E-state index >= 15 is 0 Å². The van der Waals surface area contributed by atoms with Gasteiger partial charge in [-0.2, -0.15) is 4.31 Å². The van der Waals surface area contributed by atoms with Gasteiger partial charge < -0.3 is 15.4 Å². The van der Waals surface area contributed by atoms with Crippen molar-refractivity contribution < 1.29 is 22.7 Å². The second kappa shape index (κ2) is 9.16. The van der Waals surface area contributed by atoms with E-state index in [1.807, 2.05) is 0 Å². The van der Waals surface area contributed by atoms with Crippen molar-refractivity contribution in [2.45, 2.75) is 75.3 Å². The van der Waals surface area contributed by atoms with Crippen molar-refractivity contribution in [1.29, 1.82) is 0 Å². The van der Waals surface area contributed by atoms with Crippen molar-refractivity contribution in [3.05, 3.63) is 18.2 Å². The Hall–Kier alpha value is -2.13. The molecule has 0 radical (unpaired) electrons. The molecule has 1 aromatic rings. The minimum absolute atomic E-state index is 0.0353. The lowest BCUT2D eigenvalue weighted by molar-refractivity contribution is -0.127. The monoisotopic (exact) mass is 449 g/mol. The molecule has 2 atom stereocenters. The zero-order valence-electron chi connectivity index (χ0n) is 17.9. The van der Waals surface area contributed by atoms with Crippen LogP contribution in [-0.4, -0.2) is 49.8 Å². The Morgan fingerprint density at radius 1 is 1.13 bits per heavy atom. The second-order valence-electron chi connectivity index (χ2n) is 8.81. The van der Waals surface area contributed by atoms with Crippen molar-refractivity contribution in [2.75, 3.05) is 18.4 Å². The van der Waals surface area contributed by atoms with Gasteiger partial charge in [-0.3, -0.25) is 9.59 Å². The molecule has 1 aromatic carbocycles. The number of nitrogens with zero attached hydrogens (tertiary/aromatic N) is 1. The maximum absolute atomic E-state index is 13.3. The summed E-state index contributed by atoms with van der Waals surface area (Å²) in [6, 6.07) is 4.70. The Bertz CT molecular complexity index is 940. The van der Waals surface area contributed by atoms with Crippen LogP contribution in [-0.2, 0) is 19.6 Å². The highest BCUT2D eigenvalue weighted by Crippen LogP contribution is 2.33. The summed E-state index contributed by atoms with van der Waals surface area (Å²) in [5.41, 5.74) is 0.351. The van der Waals surface area contributed by atoms with Crippen LogP contribution in [0.15, 0.2) is 23.1 Å². The van der Waals surface area contributed by atoms with Gasteiger partial charge in [-0.05, 0) is 50.8 Å². The Morgan fingerprint density at radius 3 is 2.61 bits per heavy atom. The zero-order valence-corrected chi connectivity index (χ0v) is 18.7. The van der Waals surface area contributed by atoms with E-state index in [1.165, 1.54) is 29.3 Å². The SMILES string of the molecule is C[C@@H]1Oc2ccc(S(=O)(=O)N3CCC[C@@H](C(=O)NC4CCCCCC4)C3)cc2NC1=O. The van der Waals surface area contributed by atoms with Gasteiger partial charge in [0.05, 0.1) is 16.5 Å². The first-order valence-corrected chi connectivity index (χ1v) is 12.7. The zero-order chi connectivity index (χ0) is 22.0. The summed E-state index contributed by atoms with van der Waals surface area (Å²) >= 11 is 0. The third-order valence-electron chi connectivity index (χ3n) is 6.48. The van der Waals surface area contributed by atoms with Gasteiger partial charge in [0.25, 0.3) is 5.91 Å². The van der Waals surface area contributed by atoms with E-state index in [-0.39, 0.29) is 35.2 Å². The Kier molecular flexibility index (Phi) is 6.52. The van der Waals surface area contributed by atoms with Crippen molar-refractivity contribution in [1.82, 2.24) is 9.62 Å². The predicted octanol–water partition coefficient (Wildman–Crippen LogP) is 2.65. The number of carbonyl (C=O) groups excluding carboxylic acids is 2. The van der Waals surface area contributed by atoms with Crippen molar-refractivity contribution in [3.63, 3.8) is 0 Å². The Morgan fingerprint density at radius 2 is 1.87 bits per heavy atom. The number of benzene rings is 1. The van der Waals surface area contributed by atoms with Crippen LogP contribution in [0.1, 0.15) is 58.3 Å². The molecule has 4 rings (SSSR count). The molecule has 2 fully saturated rings. The number of nitrogens with one attached hydrogen (secondary N) is 2. The van der Waals surface area contributed by atoms with Crippen LogP contribution >= 0.6 is 0 Å². The highest BCUT2D eigenvalue weighted by molar-refractivity contribution is 7.89. The number of rotatable bonds is 4. The van der Waals surface area contributed by atoms with Gasteiger partial charge in [0.15, 0.2) is 6.10 Å². The fourth-order valence-electron chi connectivity index (χ4n) is 4.61. The van der Waals surface area contributed by atoms with Gasteiger partial charge >= 0.3 is 0 Å². The first-order chi connectivity index (χ1) is 14.8. The molecule has 0 unspecified atom stereocenters. The normalized spacial score (nSPS) is 25.6. The third-order valence-corrected chi connectivity index (χ3v) is 8.34. The summed E-state index contributed by atoms with van der Waals surface area (Å²) in [6.45, 7) is 2.20. The molecule has 170 valence electrons. The molecule has 1 saturated heterocycles. The van der Waals surface area contributed by atoms with Crippen LogP contribution in [0.2, 0.25) is 0 Å². The minimum Gasteiger partial charge on any atom is -0.479 e. The van der Waals surface area contributed by atoms with Crippen molar-refractivity contribution in [2.24, 2.45) is 5.92 Å². The maximum Gasteiger partial charge on any atom is 0.265 e. The molecule has 2 aliphatic heterocycles. The topological polar surface area (TPSA) is 105 Å². The Labute approximate surface area is 183 Å². The molecule has 3 aliphatic rings. The van der Waals surface area contributed by atoms with Gasteiger partial charge in [0.2, 0.25) is 15.9 Å². The van der Waals surface area contributed by atoms with E-state index in [4.69, 9.17) is 4.74 Å². The van der Waals surface area contributed by atoms with E-state index in [0.29, 0.717) is 30.8 Å². The molecule has 31 heavy (non-hydrogen) atoms. The summed E-state index contributed by atoms with van der Waals surface area (Å²) in [5.74, 6) is -0.235. The van der Waals surface area contributed by atoms with E-state index in [9.17, 15) is 18.0 Å². The van der Waals surface area contributed by atoms with Crippen LogP contribution in [0.5, 0.6) is 5.75 Å². The number of hydrogen-bond acceptors (Lipinski definition) is 5. The quantitative estimate of drug-likeness (QED) is 0.688. The molecule has 0 aromatic heterocycles. The van der Waals surface area contributed by atoms with Crippen molar-refractivity contribution >= 4 is 27.5 Å². The molecular weight excluding hydrogens is 418 g/mol. The minimum atomic E-state index is -3.79. The first kappa shape index (κ1) is 22.1. The molecule has 0 spiro atoms. The summed E-state index contributed by atoms with van der Waals surface area (Å²) in [7, 11) is -3.79. The molecule has 2 N–H and O–H groups in total. The highest BCUT2D eigenvalue weighted by atomic mass is 32.2.